The van der Waals surface area contributed by atoms with E-state index in [0.29, 0.717) is 39.3 Å². The summed E-state index contributed by atoms with van der Waals surface area (Å²) in [4.78, 5) is 11.4. The van der Waals surface area contributed by atoms with Gasteiger partial charge in [0, 0.05) is 13.5 Å². The first kappa shape index (κ1) is 14.7. The Kier molecular flexibility index (Phi) is 7.84. The van der Waals surface area contributed by atoms with Crippen LogP contribution in [0.5, 0.6) is 0 Å². The molecule has 0 amide bonds. The third-order valence-corrected chi connectivity index (χ3v) is 2.38. The van der Waals surface area contributed by atoms with E-state index in [4.69, 9.17) is 14.2 Å². The molecule has 0 saturated heterocycles. The number of carbonyl (C=O) groups excluding carboxylic acids is 1. The van der Waals surface area contributed by atoms with Crippen molar-refractivity contribution < 1.29 is 19.0 Å². The van der Waals surface area contributed by atoms with Gasteiger partial charge in [-0.1, -0.05) is 30.3 Å². The van der Waals surface area contributed by atoms with E-state index < -0.39 is 0 Å². The van der Waals surface area contributed by atoms with Crippen LogP contribution in [0.1, 0.15) is 12.0 Å². The molecule has 0 aliphatic rings. The number of ether oxygens (including phenoxy) is 3. The highest BCUT2D eigenvalue weighted by molar-refractivity contribution is 5.69. The highest BCUT2D eigenvalue weighted by Gasteiger charge is 2.03. The van der Waals surface area contributed by atoms with Gasteiger partial charge in [0.1, 0.15) is 6.61 Å². The molecule has 0 aromatic heterocycles. The molecule has 0 bridgehead atoms. The molecule has 0 N–H and O–H groups in total. The average molecular weight is 252 g/mol. The van der Waals surface area contributed by atoms with Crippen molar-refractivity contribution in [1.82, 2.24) is 0 Å². The van der Waals surface area contributed by atoms with E-state index in [1.54, 1.807) is 7.11 Å². The number of esters is 1. The molecule has 4 heteroatoms. The predicted octanol–water partition coefficient (Wildman–Crippen LogP) is 1.83. The summed E-state index contributed by atoms with van der Waals surface area (Å²) in [5, 5.41) is 0. The lowest BCUT2D eigenvalue weighted by molar-refractivity contribution is -0.145. The number of carbonyl (C=O) groups is 1. The normalized spacial score (nSPS) is 10.3. The van der Waals surface area contributed by atoms with Crippen LogP contribution >= 0.6 is 0 Å². The summed E-state index contributed by atoms with van der Waals surface area (Å²) in [5.74, 6) is -0.186. The molecule has 0 unspecified atom stereocenters. The van der Waals surface area contributed by atoms with Crippen molar-refractivity contribution in [2.75, 3.05) is 33.5 Å². The third kappa shape index (κ3) is 7.04. The highest BCUT2D eigenvalue weighted by Crippen LogP contribution is 2.03. The van der Waals surface area contributed by atoms with Crippen molar-refractivity contribution >= 4 is 5.97 Å². The SMILES string of the molecule is COCCOCCOC(=O)CCc1ccccc1. The molecule has 0 heterocycles. The summed E-state index contributed by atoms with van der Waals surface area (Å²) in [7, 11) is 1.62. The van der Waals surface area contributed by atoms with Crippen molar-refractivity contribution in [3.8, 4) is 0 Å². The molecule has 0 fully saturated rings. The molecule has 0 saturated carbocycles. The van der Waals surface area contributed by atoms with Crippen LogP contribution in [-0.4, -0.2) is 39.5 Å². The van der Waals surface area contributed by atoms with Crippen LogP contribution in [0.3, 0.4) is 0 Å². The molecule has 4 nitrogen and oxygen atoms in total. The first-order valence-electron chi connectivity index (χ1n) is 6.09. The lowest BCUT2D eigenvalue weighted by Gasteiger charge is -2.06. The number of benzene rings is 1. The predicted molar refractivity (Wildman–Crippen MR) is 68.4 cm³/mol. The van der Waals surface area contributed by atoms with Crippen molar-refractivity contribution in [2.45, 2.75) is 12.8 Å². The maximum Gasteiger partial charge on any atom is 0.306 e. The lowest BCUT2D eigenvalue weighted by atomic mass is 10.1. The zero-order valence-corrected chi connectivity index (χ0v) is 10.8. The van der Waals surface area contributed by atoms with Crippen LogP contribution in [0.15, 0.2) is 30.3 Å². The van der Waals surface area contributed by atoms with Crippen LogP contribution < -0.4 is 0 Å². The highest BCUT2D eigenvalue weighted by atomic mass is 16.6. The van der Waals surface area contributed by atoms with Crippen molar-refractivity contribution in [3.05, 3.63) is 35.9 Å². The van der Waals surface area contributed by atoms with Gasteiger partial charge in [0.15, 0.2) is 0 Å². The Morgan fingerprint density at radius 1 is 1.06 bits per heavy atom. The largest absolute Gasteiger partial charge is 0.463 e. The van der Waals surface area contributed by atoms with Crippen molar-refractivity contribution in [3.63, 3.8) is 0 Å². The van der Waals surface area contributed by atoms with E-state index in [1.807, 2.05) is 30.3 Å². The minimum absolute atomic E-state index is 0.186. The van der Waals surface area contributed by atoms with Gasteiger partial charge in [0.25, 0.3) is 0 Å². The molecular formula is C14H20O4. The summed E-state index contributed by atoms with van der Waals surface area (Å²) < 4.78 is 15.0. The molecule has 0 aliphatic heterocycles. The van der Waals surface area contributed by atoms with Gasteiger partial charge in [0.2, 0.25) is 0 Å². The van der Waals surface area contributed by atoms with Gasteiger partial charge in [-0.3, -0.25) is 4.79 Å². The summed E-state index contributed by atoms with van der Waals surface area (Å²) in [5.41, 5.74) is 1.14. The molecule has 0 aliphatic carbocycles. The fourth-order valence-electron chi connectivity index (χ4n) is 1.42. The molecule has 1 aromatic carbocycles. The van der Waals surface area contributed by atoms with E-state index in [2.05, 4.69) is 0 Å². The fourth-order valence-corrected chi connectivity index (χ4v) is 1.42. The minimum Gasteiger partial charge on any atom is -0.463 e. The Morgan fingerprint density at radius 3 is 2.50 bits per heavy atom. The van der Waals surface area contributed by atoms with Gasteiger partial charge in [0.05, 0.1) is 19.8 Å². The van der Waals surface area contributed by atoms with Gasteiger partial charge in [-0.15, -0.1) is 0 Å². The Hall–Kier alpha value is -1.39. The molecule has 100 valence electrons. The number of hydrogen-bond acceptors (Lipinski definition) is 4. The molecule has 0 atom stereocenters. The van der Waals surface area contributed by atoms with Crippen molar-refractivity contribution in [2.24, 2.45) is 0 Å². The van der Waals surface area contributed by atoms with Crippen LogP contribution in [0.4, 0.5) is 0 Å². The topological polar surface area (TPSA) is 44.8 Å². The first-order valence-corrected chi connectivity index (χ1v) is 6.09. The zero-order valence-electron chi connectivity index (χ0n) is 10.8. The maximum absolute atomic E-state index is 11.4. The van der Waals surface area contributed by atoms with E-state index >= 15 is 0 Å². The maximum atomic E-state index is 11.4. The second-order valence-electron chi connectivity index (χ2n) is 3.81. The van der Waals surface area contributed by atoms with Gasteiger partial charge >= 0.3 is 5.97 Å². The van der Waals surface area contributed by atoms with E-state index in [-0.39, 0.29) is 5.97 Å². The Labute approximate surface area is 108 Å². The van der Waals surface area contributed by atoms with Crippen LogP contribution in [0.2, 0.25) is 0 Å². The van der Waals surface area contributed by atoms with Gasteiger partial charge < -0.3 is 14.2 Å². The molecule has 1 rings (SSSR count). The monoisotopic (exact) mass is 252 g/mol. The summed E-state index contributed by atoms with van der Waals surface area (Å²) in [6, 6.07) is 9.88. The number of aryl methyl sites for hydroxylation is 1. The Morgan fingerprint density at radius 2 is 1.78 bits per heavy atom. The minimum atomic E-state index is -0.186. The van der Waals surface area contributed by atoms with E-state index in [1.165, 1.54) is 0 Å². The average Bonchev–Trinajstić information content (AvgIpc) is 2.41. The van der Waals surface area contributed by atoms with E-state index in [0.717, 1.165) is 5.56 Å². The molecule has 0 spiro atoms. The quantitative estimate of drug-likeness (QED) is 0.497. The number of hydrogen-bond donors (Lipinski definition) is 0. The van der Waals surface area contributed by atoms with Crippen LogP contribution in [0, 0.1) is 0 Å². The molecule has 18 heavy (non-hydrogen) atoms. The smallest absolute Gasteiger partial charge is 0.306 e. The molecule has 1 aromatic rings. The Balaban J connectivity index is 2.01. The third-order valence-electron chi connectivity index (χ3n) is 2.38. The number of methoxy groups -OCH3 is 1. The summed E-state index contributed by atoms with van der Waals surface area (Å²) >= 11 is 0. The van der Waals surface area contributed by atoms with Crippen LogP contribution in [0.25, 0.3) is 0 Å². The lowest BCUT2D eigenvalue weighted by Crippen LogP contribution is -2.12. The summed E-state index contributed by atoms with van der Waals surface area (Å²) in [6.07, 6.45) is 1.12. The second-order valence-corrected chi connectivity index (χ2v) is 3.81. The fraction of sp³-hybridized carbons (Fsp3) is 0.500. The van der Waals surface area contributed by atoms with E-state index in [9.17, 15) is 4.79 Å². The summed E-state index contributed by atoms with van der Waals surface area (Å²) in [6.45, 7) is 1.80. The standard InChI is InChI=1S/C14H20O4/c1-16-9-10-17-11-12-18-14(15)8-7-13-5-3-2-4-6-13/h2-6H,7-12H2,1H3. The van der Waals surface area contributed by atoms with Crippen molar-refractivity contribution in [1.29, 1.82) is 0 Å². The number of rotatable bonds is 9. The van der Waals surface area contributed by atoms with Gasteiger partial charge in [-0.25, -0.2) is 0 Å². The Bertz CT molecular complexity index is 324. The molecule has 0 radical (unpaired) electrons. The second kappa shape index (κ2) is 9.62. The van der Waals surface area contributed by atoms with Gasteiger partial charge in [-0.2, -0.15) is 0 Å². The van der Waals surface area contributed by atoms with Gasteiger partial charge in [-0.05, 0) is 12.0 Å². The van der Waals surface area contributed by atoms with Crippen LogP contribution in [-0.2, 0) is 25.4 Å². The zero-order chi connectivity index (χ0) is 13.1. The first-order chi connectivity index (χ1) is 8.83. The molecular weight excluding hydrogens is 232 g/mol.